The van der Waals surface area contributed by atoms with Gasteiger partial charge >= 0.3 is 6.61 Å². The second-order valence-corrected chi connectivity index (χ2v) is 5.65. The molecule has 0 fully saturated rings. The number of rotatable bonds is 3. The average molecular weight is 280 g/mol. The number of aromatic nitrogens is 2. The van der Waals surface area contributed by atoms with Gasteiger partial charge in [-0.3, -0.25) is 4.68 Å². The molecule has 1 heterocycles. The molecular formula is C15H18F2N2O. The van der Waals surface area contributed by atoms with Crippen LogP contribution < -0.4 is 4.74 Å². The molecular weight excluding hydrogens is 262 g/mol. The molecule has 20 heavy (non-hydrogen) atoms. The second kappa shape index (κ2) is 5.23. The van der Waals surface area contributed by atoms with Crippen LogP contribution in [0.1, 0.15) is 26.3 Å². The van der Waals surface area contributed by atoms with Crippen molar-refractivity contribution in [2.75, 3.05) is 0 Å². The lowest BCUT2D eigenvalue weighted by Crippen LogP contribution is -2.16. The van der Waals surface area contributed by atoms with Crippen LogP contribution in [-0.4, -0.2) is 16.4 Å². The lowest BCUT2D eigenvalue weighted by Gasteiger charge is -2.24. The zero-order valence-electron chi connectivity index (χ0n) is 12.0. The van der Waals surface area contributed by atoms with Gasteiger partial charge in [-0.2, -0.15) is 13.9 Å². The van der Waals surface area contributed by atoms with Crippen molar-refractivity contribution in [2.24, 2.45) is 7.05 Å². The molecule has 2 aromatic rings. The standard InChI is InChI=1S/C15H18F2N2O/c1-15(2,3)11-7-5-6-10(13(11)20-14(16)17)12-8-9-18-19(12)4/h5-9,14H,1-4H3. The molecule has 108 valence electrons. The highest BCUT2D eigenvalue weighted by atomic mass is 19.3. The molecule has 3 nitrogen and oxygen atoms in total. The molecule has 0 amide bonds. The third-order valence-corrected chi connectivity index (χ3v) is 3.13. The van der Waals surface area contributed by atoms with Crippen molar-refractivity contribution in [3.63, 3.8) is 0 Å². The third kappa shape index (κ3) is 2.81. The van der Waals surface area contributed by atoms with Crippen LogP contribution in [-0.2, 0) is 12.5 Å². The Morgan fingerprint density at radius 2 is 1.90 bits per heavy atom. The normalized spacial score (nSPS) is 11.9. The average Bonchev–Trinajstić information content (AvgIpc) is 2.73. The van der Waals surface area contributed by atoms with Crippen molar-refractivity contribution in [3.8, 4) is 17.0 Å². The summed E-state index contributed by atoms with van der Waals surface area (Å²) >= 11 is 0. The lowest BCUT2D eigenvalue weighted by atomic mass is 9.85. The zero-order valence-corrected chi connectivity index (χ0v) is 12.0. The number of benzene rings is 1. The second-order valence-electron chi connectivity index (χ2n) is 5.65. The van der Waals surface area contributed by atoms with E-state index in [0.29, 0.717) is 5.56 Å². The molecule has 5 heteroatoms. The van der Waals surface area contributed by atoms with Gasteiger partial charge in [0.1, 0.15) is 5.75 Å². The SMILES string of the molecule is Cn1nccc1-c1cccc(C(C)(C)C)c1OC(F)F. The molecule has 0 atom stereocenters. The van der Waals surface area contributed by atoms with Crippen molar-refractivity contribution in [1.29, 1.82) is 0 Å². The fourth-order valence-electron chi connectivity index (χ4n) is 2.18. The smallest absolute Gasteiger partial charge is 0.387 e. The van der Waals surface area contributed by atoms with Crippen molar-refractivity contribution in [3.05, 3.63) is 36.0 Å². The summed E-state index contributed by atoms with van der Waals surface area (Å²) in [6.45, 7) is 3.04. The quantitative estimate of drug-likeness (QED) is 0.850. The summed E-state index contributed by atoms with van der Waals surface area (Å²) in [4.78, 5) is 0. The van der Waals surface area contributed by atoms with Gasteiger partial charge in [0.05, 0.1) is 5.69 Å². The lowest BCUT2D eigenvalue weighted by molar-refractivity contribution is -0.0504. The highest BCUT2D eigenvalue weighted by Crippen LogP contribution is 2.39. The maximum atomic E-state index is 12.8. The van der Waals surface area contributed by atoms with Gasteiger partial charge in [-0.15, -0.1) is 0 Å². The Kier molecular flexibility index (Phi) is 3.79. The first-order valence-electron chi connectivity index (χ1n) is 6.37. The molecule has 0 radical (unpaired) electrons. The Morgan fingerprint density at radius 1 is 1.20 bits per heavy atom. The van der Waals surface area contributed by atoms with Gasteiger partial charge in [0.15, 0.2) is 0 Å². The van der Waals surface area contributed by atoms with E-state index in [1.54, 1.807) is 30.1 Å². The Balaban J connectivity index is 2.65. The minimum atomic E-state index is -2.86. The Hall–Kier alpha value is -1.91. The monoisotopic (exact) mass is 280 g/mol. The van der Waals surface area contributed by atoms with Gasteiger partial charge in [-0.25, -0.2) is 0 Å². The summed E-state index contributed by atoms with van der Waals surface area (Å²) < 4.78 is 32.0. The van der Waals surface area contributed by atoms with Gasteiger partial charge in [-0.1, -0.05) is 32.9 Å². The molecule has 0 bridgehead atoms. The minimum absolute atomic E-state index is 0.221. The molecule has 0 unspecified atom stereocenters. The van der Waals surface area contributed by atoms with Crippen LogP contribution in [0.4, 0.5) is 8.78 Å². The maximum Gasteiger partial charge on any atom is 0.387 e. The van der Waals surface area contributed by atoms with Crippen molar-refractivity contribution < 1.29 is 13.5 Å². The predicted molar refractivity (Wildman–Crippen MR) is 74.0 cm³/mol. The summed E-state index contributed by atoms with van der Waals surface area (Å²) in [7, 11) is 1.77. The van der Waals surface area contributed by atoms with E-state index in [1.165, 1.54) is 0 Å². The van der Waals surface area contributed by atoms with Gasteiger partial charge in [0, 0.05) is 24.4 Å². The van der Waals surface area contributed by atoms with Gasteiger partial charge in [0.25, 0.3) is 0 Å². The van der Waals surface area contributed by atoms with Crippen molar-refractivity contribution >= 4 is 0 Å². The van der Waals surface area contributed by atoms with E-state index in [9.17, 15) is 8.78 Å². The largest absolute Gasteiger partial charge is 0.434 e. The van der Waals surface area contributed by atoms with Gasteiger partial charge in [-0.05, 0) is 17.5 Å². The molecule has 2 rings (SSSR count). The molecule has 0 aliphatic carbocycles. The zero-order chi connectivity index (χ0) is 14.9. The van der Waals surface area contributed by atoms with Crippen LogP contribution in [0.15, 0.2) is 30.5 Å². The topological polar surface area (TPSA) is 27.1 Å². The molecule has 1 aromatic carbocycles. The number of para-hydroxylation sites is 1. The first-order chi connectivity index (χ1) is 9.30. The predicted octanol–water partition coefficient (Wildman–Crippen LogP) is 3.99. The summed E-state index contributed by atoms with van der Waals surface area (Å²) in [5.74, 6) is 0.221. The number of halogens is 2. The van der Waals surface area contributed by atoms with E-state index >= 15 is 0 Å². The summed E-state index contributed by atoms with van der Waals surface area (Å²) in [5.41, 5.74) is 1.82. The van der Waals surface area contributed by atoms with Crippen molar-refractivity contribution in [2.45, 2.75) is 32.8 Å². The summed E-state index contributed by atoms with van der Waals surface area (Å²) in [6.07, 6.45) is 1.63. The summed E-state index contributed by atoms with van der Waals surface area (Å²) in [6, 6.07) is 7.21. The highest BCUT2D eigenvalue weighted by Gasteiger charge is 2.24. The fraction of sp³-hybridized carbons (Fsp3) is 0.400. The molecule has 1 aromatic heterocycles. The number of alkyl halides is 2. The van der Waals surface area contributed by atoms with Crippen molar-refractivity contribution in [1.82, 2.24) is 9.78 Å². The van der Waals surface area contributed by atoms with E-state index in [4.69, 9.17) is 4.74 Å². The first kappa shape index (κ1) is 14.5. The minimum Gasteiger partial charge on any atom is -0.434 e. The number of nitrogens with zero attached hydrogens (tertiary/aromatic N) is 2. The van der Waals surface area contributed by atoms with Crippen LogP contribution >= 0.6 is 0 Å². The van der Waals surface area contributed by atoms with E-state index < -0.39 is 6.61 Å². The molecule has 0 aliphatic rings. The van der Waals surface area contributed by atoms with E-state index in [0.717, 1.165) is 11.3 Å². The van der Waals surface area contributed by atoms with Gasteiger partial charge in [0.2, 0.25) is 0 Å². The molecule has 0 aliphatic heterocycles. The Labute approximate surface area is 117 Å². The number of hydrogen-bond acceptors (Lipinski definition) is 2. The van der Waals surface area contributed by atoms with E-state index in [1.807, 2.05) is 32.9 Å². The Bertz CT molecular complexity index is 600. The van der Waals surface area contributed by atoms with Crippen LogP contribution in [0, 0.1) is 0 Å². The van der Waals surface area contributed by atoms with Crippen LogP contribution in [0.5, 0.6) is 5.75 Å². The number of ether oxygens (including phenoxy) is 1. The molecule has 0 N–H and O–H groups in total. The fourth-order valence-corrected chi connectivity index (χ4v) is 2.18. The van der Waals surface area contributed by atoms with Crippen LogP contribution in [0.3, 0.4) is 0 Å². The van der Waals surface area contributed by atoms with Crippen LogP contribution in [0.25, 0.3) is 11.3 Å². The number of hydrogen-bond donors (Lipinski definition) is 0. The maximum absolute atomic E-state index is 12.8. The molecule has 0 saturated carbocycles. The number of aryl methyl sites for hydroxylation is 1. The first-order valence-corrected chi connectivity index (χ1v) is 6.37. The van der Waals surface area contributed by atoms with Crippen LogP contribution in [0.2, 0.25) is 0 Å². The van der Waals surface area contributed by atoms with Gasteiger partial charge < -0.3 is 4.74 Å². The highest BCUT2D eigenvalue weighted by molar-refractivity contribution is 5.70. The summed E-state index contributed by atoms with van der Waals surface area (Å²) in [5, 5.41) is 4.08. The molecule has 0 spiro atoms. The Morgan fingerprint density at radius 3 is 2.40 bits per heavy atom. The van der Waals surface area contributed by atoms with E-state index in [-0.39, 0.29) is 11.2 Å². The molecule has 0 saturated heterocycles. The van der Waals surface area contributed by atoms with E-state index in [2.05, 4.69) is 5.10 Å². The third-order valence-electron chi connectivity index (χ3n) is 3.13.